The summed E-state index contributed by atoms with van der Waals surface area (Å²) in [6.45, 7) is 0.434. The molecule has 0 saturated heterocycles. The maximum absolute atomic E-state index is 14.2. The summed E-state index contributed by atoms with van der Waals surface area (Å²) in [4.78, 5) is 15.3. The molecular weight excluding hydrogens is 363 g/mol. The summed E-state index contributed by atoms with van der Waals surface area (Å²) in [6, 6.07) is 1.31. The monoisotopic (exact) mass is 388 g/mol. The summed E-state index contributed by atoms with van der Waals surface area (Å²) in [6.07, 6.45) is 4.49. The fourth-order valence-corrected chi connectivity index (χ4v) is 3.48. The third-order valence-corrected chi connectivity index (χ3v) is 5.32. The number of ether oxygens (including phenoxy) is 1. The third-order valence-electron chi connectivity index (χ3n) is 4.37. The van der Waals surface area contributed by atoms with Crippen molar-refractivity contribution in [3.8, 4) is 5.88 Å². The first-order valence-corrected chi connectivity index (χ1v) is 10.5. The van der Waals surface area contributed by atoms with Crippen molar-refractivity contribution in [2.75, 3.05) is 31.0 Å². The van der Waals surface area contributed by atoms with Crippen LogP contribution in [0.1, 0.15) is 36.0 Å². The molecule has 0 spiro atoms. The van der Waals surface area contributed by atoms with E-state index in [0.717, 1.165) is 31.7 Å². The molecule has 4 N–H and O–H groups in total. The number of nitrogens with one attached hydrogen (secondary N) is 2. The molecule has 0 aromatic carbocycles. The van der Waals surface area contributed by atoms with Crippen molar-refractivity contribution < 1.29 is 22.3 Å². The number of sulfone groups is 1. The molecule has 8 nitrogen and oxygen atoms in total. The smallest absolute Gasteiger partial charge is 0.254 e. The Morgan fingerprint density at radius 1 is 1.35 bits per heavy atom. The number of anilines is 1. The van der Waals surface area contributed by atoms with E-state index in [9.17, 15) is 17.6 Å². The Kier molecular flexibility index (Phi) is 6.76. The van der Waals surface area contributed by atoms with E-state index in [1.165, 1.54) is 13.4 Å². The van der Waals surface area contributed by atoms with Gasteiger partial charge in [0.15, 0.2) is 11.6 Å². The van der Waals surface area contributed by atoms with E-state index in [1.807, 2.05) is 0 Å². The largest absolute Gasteiger partial charge is 0.480 e. The Labute approximate surface area is 152 Å². The van der Waals surface area contributed by atoms with Crippen LogP contribution in [-0.4, -0.2) is 57.1 Å². The zero-order chi connectivity index (χ0) is 19.3. The molecule has 1 amide bonds. The fraction of sp³-hybridized carbons (Fsp3) is 0.625. The topological polar surface area (TPSA) is 123 Å². The lowest BCUT2D eigenvalue weighted by molar-refractivity contribution is 0.0996. The summed E-state index contributed by atoms with van der Waals surface area (Å²) in [5.74, 6) is -1.34. The maximum atomic E-state index is 14.2. The second-order valence-corrected chi connectivity index (χ2v) is 8.78. The van der Waals surface area contributed by atoms with E-state index in [4.69, 9.17) is 10.5 Å². The minimum atomic E-state index is -2.97. The molecule has 1 aromatic rings. The van der Waals surface area contributed by atoms with Crippen molar-refractivity contribution in [2.45, 2.75) is 37.8 Å². The number of hydrogen-bond acceptors (Lipinski definition) is 7. The molecule has 0 radical (unpaired) electrons. The number of carbonyl (C=O) groups is 1. The Morgan fingerprint density at radius 2 is 1.96 bits per heavy atom. The van der Waals surface area contributed by atoms with Crippen LogP contribution in [0.5, 0.6) is 5.88 Å². The molecule has 1 saturated carbocycles. The molecule has 1 heterocycles. The highest BCUT2D eigenvalue weighted by Gasteiger charge is 2.23. The number of methoxy groups -OCH3 is 1. The number of primary amides is 1. The molecule has 1 aromatic heterocycles. The van der Waals surface area contributed by atoms with Crippen LogP contribution in [-0.2, 0) is 9.84 Å². The fourth-order valence-electron chi connectivity index (χ4n) is 2.99. The summed E-state index contributed by atoms with van der Waals surface area (Å²) >= 11 is 0. The van der Waals surface area contributed by atoms with Crippen LogP contribution in [0.4, 0.5) is 10.2 Å². The molecule has 1 aliphatic rings. The van der Waals surface area contributed by atoms with E-state index in [0.29, 0.717) is 6.54 Å². The number of rotatable bonds is 8. The molecule has 10 heteroatoms. The van der Waals surface area contributed by atoms with Crippen LogP contribution in [0, 0.1) is 5.82 Å². The zero-order valence-electron chi connectivity index (χ0n) is 14.9. The van der Waals surface area contributed by atoms with Gasteiger partial charge in [0, 0.05) is 24.9 Å². The van der Waals surface area contributed by atoms with Gasteiger partial charge in [0.05, 0.1) is 12.9 Å². The van der Waals surface area contributed by atoms with Gasteiger partial charge >= 0.3 is 0 Å². The van der Waals surface area contributed by atoms with Gasteiger partial charge in [-0.05, 0) is 31.7 Å². The molecule has 0 aliphatic heterocycles. The van der Waals surface area contributed by atoms with Crippen LogP contribution < -0.4 is 21.1 Å². The van der Waals surface area contributed by atoms with Crippen LogP contribution in [0.25, 0.3) is 0 Å². The molecule has 1 fully saturated rings. The van der Waals surface area contributed by atoms with Crippen molar-refractivity contribution in [3.05, 3.63) is 17.4 Å². The second kappa shape index (κ2) is 8.63. The van der Waals surface area contributed by atoms with Crippen molar-refractivity contribution in [3.63, 3.8) is 0 Å². The average molecular weight is 388 g/mol. The predicted molar refractivity (Wildman–Crippen MR) is 96.6 cm³/mol. The number of aromatic nitrogens is 1. The predicted octanol–water partition coefficient (Wildman–Crippen LogP) is 0.686. The number of hydrogen-bond donors (Lipinski definition) is 3. The van der Waals surface area contributed by atoms with Crippen molar-refractivity contribution in [1.29, 1.82) is 0 Å². The molecule has 0 bridgehead atoms. The highest BCUT2D eigenvalue weighted by atomic mass is 32.2. The van der Waals surface area contributed by atoms with E-state index in [2.05, 4.69) is 15.6 Å². The first kappa shape index (κ1) is 20.4. The minimum absolute atomic E-state index is 0.0162. The van der Waals surface area contributed by atoms with Crippen molar-refractivity contribution >= 4 is 21.6 Å². The van der Waals surface area contributed by atoms with Gasteiger partial charge in [-0.15, -0.1) is 0 Å². The molecule has 1 aliphatic carbocycles. The van der Waals surface area contributed by atoms with Crippen LogP contribution in [0.2, 0.25) is 0 Å². The van der Waals surface area contributed by atoms with E-state index in [1.54, 1.807) is 0 Å². The normalized spacial score (nSPS) is 20.6. The highest BCUT2D eigenvalue weighted by molar-refractivity contribution is 7.90. The lowest BCUT2D eigenvalue weighted by atomic mass is 9.91. The summed E-state index contributed by atoms with van der Waals surface area (Å²) < 4.78 is 41.5. The Hall–Kier alpha value is -1.94. The molecule has 26 heavy (non-hydrogen) atoms. The zero-order valence-corrected chi connectivity index (χ0v) is 15.7. The van der Waals surface area contributed by atoms with Gasteiger partial charge in [-0.25, -0.2) is 12.8 Å². The standard InChI is InChI=1S/C16H25FN4O4S/c1-25-16-12(14(18)22)9-13(17)15(21-16)20-11-5-3-10(4-6-11)19-7-8-26(2,23)24/h9-11,19H,3-8H2,1-2H3,(H2,18,22)(H,20,21). The number of amides is 1. The summed E-state index contributed by atoms with van der Waals surface area (Å²) in [5.41, 5.74) is 5.08. The van der Waals surface area contributed by atoms with E-state index >= 15 is 0 Å². The number of carbonyl (C=O) groups excluding carboxylic acids is 1. The van der Waals surface area contributed by atoms with E-state index in [-0.39, 0.29) is 35.1 Å². The molecule has 0 unspecified atom stereocenters. The van der Waals surface area contributed by atoms with Gasteiger partial charge in [0.25, 0.3) is 5.91 Å². The van der Waals surface area contributed by atoms with Gasteiger partial charge in [-0.1, -0.05) is 0 Å². The maximum Gasteiger partial charge on any atom is 0.254 e. The third kappa shape index (κ3) is 5.80. The van der Waals surface area contributed by atoms with Crippen LogP contribution >= 0.6 is 0 Å². The van der Waals surface area contributed by atoms with Gasteiger partial charge < -0.3 is 21.1 Å². The Morgan fingerprint density at radius 3 is 2.50 bits per heavy atom. The SMILES string of the molecule is COc1nc(NC2CCC(NCCS(C)(=O)=O)CC2)c(F)cc1C(N)=O. The second-order valence-electron chi connectivity index (χ2n) is 6.52. The van der Waals surface area contributed by atoms with Gasteiger partial charge in [0.2, 0.25) is 5.88 Å². The first-order chi connectivity index (χ1) is 12.2. The summed E-state index contributed by atoms with van der Waals surface area (Å²) in [7, 11) is -1.63. The summed E-state index contributed by atoms with van der Waals surface area (Å²) in [5, 5.41) is 6.29. The first-order valence-electron chi connectivity index (χ1n) is 8.41. The van der Waals surface area contributed by atoms with Crippen molar-refractivity contribution in [1.82, 2.24) is 10.3 Å². The van der Waals surface area contributed by atoms with Gasteiger partial charge in [0.1, 0.15) is 15.4 Å². The molecule has 2 rings (SSSR count). The number of nitrogens with zero attached hydrogens (tertiary/aromatic N) is 1. The lowest BCUT2D eigenvalue weighted by Crippen LogP contribution is -2.39. The quantitative estimate of drug-likeness (QED) is 0.598. The number of halogens is 1. The Bertz CT molecular complexity index is 749. The minimum Gasteiger partial charge on any atom is -0.480 e. The van der Waals surface area contributed by atoms with Crippen LogP contribution in [0.15, 0.2) is 6.07 Å². The van der Waals surface area contributed by atoms with E-state index < -0.39 is 21.6 Å². The molecular formula is C16H25FN4O4S. The average Bonchev–Trinajstić information content (AvgIpc) is 2.56. The molecule has 146 valence electrons. The van der Waals surface area contributed by atoms with Gasteiger partial charge in [-0.2, -0.15) is 4.98 Å². The Balaban J connectivity index is 1.90. The number of nitrogens with two attached hydrogens (primary N) is 1. The number of pyridine rings is 1. The molecule has 0 atom stereocenters. The highest BCUT2D eigenvalue weighted by Crippen LogP contribution is 2.26. The van der Waals surface area contributed by atoms with Gasteiger partial charge in [-0.3, -0.25) is 4.79 Å². The lowest BCUT2D eigenvalue weighted by Gasteiger charge is -2.30. The van der Waals surface area contributed by atoms with Crippen LogP contribution in [0.3, 0.4) is 0 Å². The van der Waals surface area contributed by atoms with Crippen molar-refractivity contribution in [2.24, 2.45) is 5.73 Å².